The summed E-state index contributed by atoms with van der Waals surface area (Å²) in [5.41, 5.74) is 1.81. The molecule has 30 heavy (non-hydrogen) atoms. The van der Waals surface area contributed by atoms with Crippen LogP contribution in [0.5, 0.6) is 11.5 Å². The van der Waals surface area contributed by atoms with Gasteiger partial charge in [-0.25, -0.2) is 0 Å². The quantitative estimate of drug-likeness (QED) is 0.193. The smallest absolute Gasteiger partial charge is 0.120 e. The van der Waals surface area contributed by atoms with Gasteiger partial charge in [-0.2, -0.15) is 0 Å². The van der Waals surface area contributed by atoms with Crippen molar-refractivity contribution in [1.29, 1.82) is 0 Å². The van der Waals surface area contributed by atoms with Crippen LogP contribution in [0.25, 0.3) is 0 Å². The molecule has 0 aliphatic heterocycles. The molecule has 0 unspecified atom stereocenters. The van der Waals surface area contributed by atoms with E-state index in [-0.39, 0.29) is 0 Å². The summed E-state index contributed by atoms with van der Waals surface area (Å²) in [7, 11) is 0. The Kier molecular flexibility index (Phi) is 12.4. The van der Waals surface area contributed by atoms with Crippen LogP contribution in [-0.2, 0) is 13.1 Å². The molecule has 0 spiro atoms. The third kappa shape index (κ3) is 10.2. The summed E-state index contributed by atoms with van der Waals surface area (Å²) in [6, 6.07) is 11.0. The number of phenolic OH excluding ortho intramolecular Hbond substituents is 2. The van der Waals surface area contributed by atoms with E-state index >= 15 is 0 Å². The van der Waals surface area contributed by atoms with Crippen molar-refractivity contribution >= 4 is 31.9 Å². The largest absolute Gasteiger partial charge is 0.508 e. The summed E-state index contributed by atoms with van der Waals surface area (Å²) in [4.78, 5) is 0. The molecule has 0 saturated carbocycles. The summed E-state index contributed by atoms with van der Waals surface area (Å²) in [6.07, 6.45) is 2.09. The molecule has 0 aromatic heterocycles. The number of phenols is 2. The van der Waals surface area contributed by atoms with Crippen molar-refractivity contribution in [2.45, 2.75) is 25.9 Å². The molecule has 6 N–H and O–H groups in total. The molecular weight excluding hydrogens is 512 g/mol. The maximum Gasteiger partial charge on any atom is 0.120 e. The number of nitrogens with one attached hydrogen (secondary N) is 4. The zero-order valence-electron chi connectivity index (χ0n) is 17.2. The fourth-order valence-corrected chi connectivity index (χ4v) is 3.76. The van der Waals surface area contributed by atoms with Crippen LogP contribution in [-0.4, -0.2) is 49.5 Å². The van der Waals surface area contributed by atoms with Crippen molar-refractivity contribution in [2.75, 3.05) is 39.3 Å². The van der Waals surface area contributed by atoms with Gasteiger partial charge in [-0.05, 0) is 75.4 Å². The average molecular weight is 544 g/mol. The van der Waals surface area contributed by atoms with Gasteiger partial charge in [0, 0.05) is 46.3 Å². The van der Waals surface area contributed by atoms with Crippen LogP contribution >= 0.6 is 31.9 Å². The van der Waals surface area contributed by atoms with Crippen molar-refractivity contribution in [3.8, 4) is 11.5 Å². The number of hydrogen-bond acceptors (Lipinski definition) is 6. The highest BCUT2D eigenvalue weighted by molar-refractivity contribution is 9.10. The normalized spacial score (nSPS) is 11.1. The fourth-order valence-electron chi connectivity index (χ4n) is 2.94. The highest BCUT2D eigenvalue weighted by Gasteiger charge is 2.02. The minimum absolute atomic E-state index is 0.330. The lowest BCUT2D eigenvalue weighted by molar-refractivity contribution is 0.462. The Morgan fingerprint density at radius 1 is 0.567 bits per heavy atom. The van der Waals surface area contributed by atoms with E-state index in [0.717, 1.165) is 72.2 Å². The topological polar surface area (TPSA) is 88.6 Å². The van der Waals surface area contributed by atoms with Crippen LogP contribution in [0.1, 0.15) is 24.0 Å². The molecule has 6 nitrogen and oxygen atoms in total. The third-order valence-corrected chi connectivity index (χ3v) is 5.59. The summed E-state index contributed by atoms with van der Waals surface area (Å²) in [6.45, 7) is 6.99. The highest BCUT2D eigenvalue weighted by Crippen LogP contribution is 2.22. The van der Waals surface area contributed by atoms with Crippen LogP contribution < -0.4 is 21.3 Å². The monoisotopic (exact) mass is 542 g/mol. The summed E-state index contributed by atoms with van der Waals surface area (Å²) in [5, 5.41) is 33.2. The first-order chi connectivity index (χ1) is 14.6. The lowest BCUT2D eigenvalue weighted by atomic mass is 10.2. The molecule has 2 aromatic carbocycles. The molecule has 0 amide bonds. The van der Waals surface area contributed by atoms with E-state index in [0.29, 0.717) is 24.6 Å². The van der Waals surface area contributed by atoms with Crippen molar-refractivity contribution in [1.82, 2.24) is 21.3 Å². The van der Waals surface area contributed by atoms with Gasteiger partial charge in [0.1, 0.15) is 11.5 Å². The number of hydrogen-bond donors (Lipinski definition) is 6. The Labute approximate surface area is 196 Å². The number of rotatable bonds is 15. The fraction of sp³-hybridized carbons (Fsp3) is 0.455. The predicted molar refractivity (Wildman–Crippen MR) is 130 cm³/mol. The van der Waals surface area contributed by atoms with E-state index in [1.165, 1.54) is 0 Å². The molecule has 2 aromatic rings. The first-order valence-electron chi connectivity index (χ1n) is 10.3. The molecule has 166 valence electrons. The molecule has 0 atom stereocenters. The first-order valence-corrected chi connectivity index (χ1v) is 11.9. The van der Waals surface area contributed by atoms with Crippen molar-refractivity contribution in [3.05, 3.63) is 56.5 Å². The zero-order chi connectivity index (χ0) is 21.6. The van der Waals surface area contributed by atoms with Crippen molar-refractivity contribution in [3.63, 3.8) is 0 Å². The Morgan fingerprint density at radius 3 is 1.40 bits per heavy atom. The Bertz CT molecular complexity index is 698. The average Bonchev–Trinajstić information content (AvgIpc) is 2.73. The molecule has 0 fully saturated rings. The number of benzene rings is 2. The second-order valence-corrected chi connectivity index (χ2v) is 8.94. The van der Waals surface area contributed by atoms with Gasteiger partial charge in [0.05, 0.1) is 0 Å². The van der Waals surface area contributed by atoms with Gasteiger partial charge in [-0.15, -0.1) is 0 Å². The standard InChI is InChI=1S/C22H32Br2N4O2/c23-19-3-5-21(29)17(13-19)15-27-9-1-7-25-11-12-26-8-2-10-28-16-18-14-20(24)4-6-22(18)30/h3-6,13-14,25-30H,1-2,7-12,15-16H2. The first kappa shape index (κ1) is 25.1. The molecule has 0 aliphatic carbocycles. The maximum absolute atomic E-state index is 9.80. The predicted octanol–water partition coefficient (Wildman–Crippen LogP) is 3.46. The molecule has 0 saturated heterocycles. The van der Waals surface area contributed by atoms with E-state index in [1.54, 1.807) is 12.1 Å². The lowest BCUT2D eigenvalue weighted by Gasteiger charge is -2.09. The minimum atomic E-state index is 0.330. The minimum Gasteiger partial charge on any atom is -0.508 e. The van der Waals surface area contributed by atoms with Crippen LogP contribution in [0, 0.1) is 0 Å². The molecule has 8 heteroatoms. The van der Waals surface area contributed by atoms with E-state index in [9.17, 15) is 10.2 Å². The van der Waals surface area contributed by atoms with Gasteiger partial charge in [0.2, 0.25) is 0 Å². The van der Waals surface area contributed by atoms with Crippen LogP contribution in [0.2, 0.25) is 0 Å². The van der Waals surface area contributed by atoms with E-state index in [4.69, 9.17) is 0 Å². The maximum atomic E-state index is 9.80. The molecule has 0 bridgehead atoms. The Hall–Kier alpha value is -1.16. The number of aromatic hydroxyl groups is 2. The molecular formula is C22H32Br2N4O2. The van der Waals surface area contributed by atoms with Gasteiger partial charge in [0.15, 0.2) is 0 Å². The second-order valence-electron chi connectivity index (χ2n) is 7.11. The van der Waals surface area contributed by atoms with Crippen LogP contribution in [0.15, 0.2) is 45.3 Å². The zero-order valence-corrected chi connectivity index (χ0v) is 20.4. The van der Waals surface area contributed by atoms with E-state index in [2.05, 4.69) is 53.1 Å². The van der Waals surface area contributed by atoms with Crippen molar-refractivity contribution < 1.29 is 10.2 Å². The van der Waals surface area contributed by atoms with Gasteiger partial charge in [-0.3, -0.25) is 0 Å². The summed E-state index contributed by atoms with van der Waals surface area (Å²) in [5.74, 6) is 0.660. The van der Waals surface area contributed by atoms with Gasteiger partial charge < -0.3 is 31.5 Å². The molecule has 0 aliphatic rings. The van der Waals surface area contributed by atoms with Crippen LogP contribution in [0.3, 0.4) is 0 Å². The van der Waals surface area contributed by atoms with Crippen molar-refractivity contribution in [2.24, 2.45) is 0 Å². The van der Waals surface area contributed by atoms with Gasteiger partial charge in [-0.1, -0.05) is 31.9 Å². The van der Waals surface area contributed by atoms with Gasteiger partial charge >= 0.3 is 0 Å². The highest BCUT2D eigenvalue weighted by atomic mass is 79.9. The third-order valence-electron chi connectivity index (χ3n) is 4.61. The molecule has 0 radical (unpaired) electrons. The van der Waals surface area contributed by atoms with Gasteiger partial charge in [0.25, 0.3) is 0 Å². The van der Waals surface area contributed by atoms with Crippen LogP contribution in [0.4, 0.5) is 0 Å². The van der Waals surface area contributed by atoms with E-state index < -0.39 is 0 Å². The Balaban J connectivity index is 1.36. The summed E-state index contributed by atoms with van der Waals surface area (Å²) < 4.78 is 1.96. The summed E-state index contributed by atoms with van der Waals surface area (Å²) >= 11 is 6.85. The molecule has 2 rings (SSSR count). The van der Waals surface area contributed by atoms with E-state index in [1.807, 2.05) is 24.3 Å². The molecule has 0 heterocycles. The lowest BCUT2D eigenvalue weighted by Crippen LogP contribution is -2.30. The SMILES string of the molecule is Oc1ccc(Br)cc1CNCCCNCCNCCCNCc1cc(Br)ccc1O. The second kappa shape index (κ2) is 14.8. The number of halogens is 2. The Morgan fingerprint density at radius 2 is 0.967 bits per heavy atom.